The lowest BCUT2D eigenvalue weighted by Crippen LogP contribution is -2.11. The van der Waals surface area contributed by atoms with Gasteiger partial charge in [0.2, 0.25) is 0 Å². The van der Waals surface area contributed by atoms with E-state index < -0.39 is 19.0 Å². The third-order valence-electron chi connectivity index (χ3n) is 2.49. The van der Waals surface area contributed by atoms with Crippen LogP contribution in [0.5, 0.6) is 0 Å². The van der Waals surface area contributed by atoms with E-state index in [1.54, 1.807) is 31.2 Å². The molecule has 0 aliphatic heterocycles. The largest absolute Gasteiger partial charge is 0.396 e. The van der Waals surface area contributed by atoms with Gasteiger partial charge in [0.05, 0.1) is 5.92 Å². The maximum absolute atomic E-state index is 12.0. The molecule has 1 unspecified atom stereocenters. The molecule has 0 amide bonds. The molecule has 17 heavy (non-hydrogen) atoms. The third kappa shape index (κ3) is 3.17. The summed E-state index contributed by atoms with van der Waals surface area (Å²) >= 11 is 5.75. The van der Waals surface area contributed by atoms with Crippen molar-refractivity contribution in [1.82, 2.24) is 0 Å². The van der Waals surface area contributed by atoms with Crippen LogP contribution in [-0.2, 0) is 18.4 Å². The Morgan fingerprint density at radius 3 is 2.12 bits per heavy atom. The highest BCUT2D eigenvalue weighted by Crippen LogP contribution is 2.51. The molecule has 0 radical (unpaired) electrons. The average molecular weight is 277 g/mol. The molecule has 0 aliphatic carbocycles. The molecule has 0 N–H and O–H groups in total. The van der Waals surface area contributed by atoms with Crippen molar-refractivity contribution in [2.45, 2.75) is 12.8 Å². The van der Waals surface area contributed by atoms with Gasteiger partial charge in [0, 0.05) is 19.2 Å². The van der Waals surface area contributed by atoms with Crippen LogP contribution in [0.4, 0.5) is 0 Å². The zero-order valence-corrected chi connectivity index (χ0v) is 11.5. The number of hydrogen-bond acceptors (Lipinski definition) is 4. The SMILES string of the molecule is COP(=O)(OC)C(=O)C(C)c1ccc(Cl)cc1. The van der Waals surface area contributed by atoms with Crippen LogP contribution in [0.2, 0.25) is 5.02 Å². The molecule has 6 heteroatoms. The standard InChI is InChI=1S/C11H14ClO4P/c1-8(9-4-6-10(12)7-5-9)11(13)17(14,15-2)16-3/h4-8H,1-3H3. The zero-order valence-electron chi connectivity index (χ0n) is 9.84. The van der Waals surface area contributed by atoms with Gasteiger partial charge in [0.1, 0.15) is 0 Å². The van der Waals surface area contributed by atoms with Crippen LogP contribution in [0, 0.1) is 0 Å². The van der Waals surface area contributed by atoms with Gasteiger partial charge in [-0.2, -0.15) is 0 Å². The predicted octanol–water partition coefficient (Wildman–Crippen LogP) is 3.46. The fourth-order valence-corrected chi connectivity index (χ4v) is 2.64. The van der Waals surface area contributed by atoms with E-state index in [1.165, 1.54) is 14.2 Å². The number of carbonyl (C=O) groups excluding carboxylic acids is 1. The average Bonchev–Trinajstić information content (AvgIpc) is 2.37. The molecule has 1 rings (SSSR count). The highest BCUT2D eigenvalue weighted by Gasteiger charge is 2.36. The van der Waals surface area contributed by atoms with Gasteiger partial charge >= 0.3 is 7.60 Å². The van der Waals surface area contributed by atoms with E-state index in [9.17, 15) is 9.36 Å². The first kappa shape index (κ1) is 14.4. The maximum atomic E-state index is 12.0. The molecule has 0 spiro atoms. The molecule has 1 aromatic rings. The van der Waals surface area contributed by atoms with E-state index in [0.717, 1.165) is 0 Å². The fraction of sp³-hybridized carbons (Fsp3) is 0.364. The molecule has 0 bridgehead atoms. The van der Waals surface area contributed by atoms with E-state index in [4.69, 9.17) is 11.6 Å². The Labute approximate surface area is 105 Å². The molecule has 0 saturated carbocycles. The van der Waals surface area contributed by atoms with Gasteiger partial charge in [0.25, 0.3) is 5.52 Å². The Bertz CT molecular complexity index is 435. The second-order valence-corrected chi connectivity index (χ2v) is 6.08. The van der Waals surface area contributed by atoms with Crippen molar-refractivity contribution in [3.8, 4) is 0 Å². The van der Waals surface area contributed by atoms with Crippen LogP contribution < -0.4 is 0 Å². The molecule has 1 atom stereocenters. The molecule has 0 aromatic heterocycles. The van der Waals surface area contributed by atoms with Gasteiger partial charge in [-0.25, -0.2) is 0 Å². The third-order valence-corrected chi connectivity index (χ3v) is 4.63. The van der Waals surface area contributed by atoms with Gasteiger partial charge in [-0.3, -0.25) is 9.36 Å². The normalized spacial score (nSPS) is 13.4. The first-order chi connectivity index (χ1) is 7.94. The first-order valence-corrected chi connectivity index (χ1v) is 6.88. The minimum absolute atomic E-state index is 0.565. The summed E-state index contributed by atoms with van der Waals surface area (Å²) in [6.07, 6.45) is 0. The van der Waals surface area contributed by atoms with Crippen LogP contribution >= 0.6 is 19.2 Å². The fourth-order valence-electron chi connectivity index (χ4n) is 1.39. The van der Waals surface area contributed by atoms with Crippen molar-refractivity contribution in [3.63, 3.8) is 0 Å². The van der Waals surface area contributed by atoms with Crippen LogP contribution in [0.3, 0.4) is 0 Å². The molecule has 0 fully saturated rings. The quantitative estimate of drug-likeness (QED) is 0.773. The van der Waals surface area contributed by atoms with Crippen molar-refractivity contribution in [3.05, 3.63) is 34.9 Å². The van der Waals surface area contributed by atoms with Crippen LogP contribution in [0.15, 0.2) is 24.3 Å². The zero-order chi connectivity index (χ0) is 13.1. The lowest BCUT2D eigenvalue weighted by molar-refractivity contribution is -0.114. The van der Waals surface area contributed by atoms with Crippen molar-refractivity contribution in [2.75, 3.05) is 14.2 Å². The summed E-state index contributed by atoms with van der Waals surface area (Å²) in [6.45, 7) is 1.65. The van der Waals surface area contributed by atoms with Gasteiger partial charge in [-0.15, -0.1) is 0 Å². The van der Waals surface area contributed by atoms with Crippen LogP contribution in [-0.4, -0.2) is 19.7 Å². The summed E-state index contributed by atoms with van der Waals surface area (Å²) in [7, 11) is -1.30. The summed E-state index contributed by atoms with van der Waals surface area (Å²) in [5.41, 5.74) is 0.151. The van der Waals surface area contributed by atoms with Crippen LogP contribution in [0.1, 0.15) is 18.4 Å². The maximum Gasteiger partial charge on any atom is 0.396 e. The first-order valence-electron chi connectivity index (χ1n) is 4.96. The summed E-state index contributed by atoms with van der Waals surface area (Å²) in [5.74, 6) is -0.571. The molecule has 0 aliphatic rings. The Morgan fingerprint density at radius 1 is 1.24 bits per heavy atom. The van der Waals surface area contributed by atoms with Crippen molar-refractivity contribution in [1.29, 1.82) is 0 Å². The van der Waals surface area contributed by atoms with Gasteiger partial charge < -0.3 is 9.05 Å². The molecule has 4 nitrogen and oxygen atoms in total. The Kier molecular flexibility index (Phi) is 4.90. The van der Waals surface area contributed by atoms with Crippen molar-refractivity contribution < 1.29 is 18.4 Å². The minimum Gasteiger partial charge on any atom is -0.307 e. The lowest BCUT2D eigenvalue weighted by Gasteiger charge is -2.17. The Morgan fingerprint density at radius 2 is 1.71 bits per heavy atom. The number of hydrogen-bond donors (Lipinski definition) is 0. The summed E-state index contributed by atoms with van der Waals surface area (Å²) < 4.78 is 21.3. The summed E-state index contributed by atoms with van der Waals surface area (Å²) in [6, 6.07) is 6.76. The molecule has 0 heterocycles. The van der Waals surface area contributed by atoms with Crippen molar-refractivity contribution >= 4 is 24.7 Å². The number of benzene rings is 1. The van der Waals surface area contributed by atoms with Gasteiger partial charge in [-0.1, -0.05) is 30.7 Å². The Balaban J connectivity index is 2.97. The molecule has 1 aromatic carbocycles. The number of halogens is 1. The second-order valence-electron chi connectivity index (χ2n) is 3.47. The van der Waals surface area contributed by atoms with Crippen LogP contribution in [0.25, 0.3) is 0 Å². The summed E-state index contributed by atoms with van der Waals surface area (Å²) in [4.78, 5) is 12.0. The molecular formula is C11H14ClO4P. The van der Waals surface area contributed by atoms with Gasteiger partial charge in [0.15, 0.2) is 0 Å². The molecule has 0 saturated heterocycles. The lowest BCUT2D eigenvalue weighted by atomic mass is 10.0. The highest BCUT2D eigenvalue weighted by atomic mass is 35.5. The number of carbonyl (C=O) groups is 1. The minimum atomic E-state index is -3.68. The highest BCUT2D eigenvalue weighted by molar-refractivity contribution is 7.72. The summed E-state index contributed by atoms with van der Waals surface area (Å²) in [5, 5.41) is 0.579. The smallest absolute Gasteiger partial charge is 0.307 e. The topological polar surface area (TPSA) is 52.6 Å². The van der Waals surface area contributed by atoms with E-state index in [1.807, 2.05) is 0 Å². The van der Waals surface area contributed by atoms with E-state index in [2.05, 4.69) is 9.05 Å². The molecular weight excluding hydrogens is 263 g/mol. The second kappa shape index (κ2) is 5.78. The predicted molar refractivity (Wildman–Crippen MR) is 66.5 cm³/mol. The molecule has 94 valence electrons. The van der Waals surface area contributed by atoms with Crippen molar-refractivity contribution in [2.24, 2.45) is 0 Å². The monoisotopic (exact) mass is 276 g/mol. The van der Waals surface area contributed by atoms with Gasteiger partial charge in [-0.05, 0) is 17.7 Å². The number of rotatable bonds is 5. The van der Waals surface area contributed by atoms with E-state index >= 15 is 0 Å². The Hall–Kier alpha value is -0.670. The van der Waals surface area contributed by atoms with E-state index in [-0.39, 0.29) is 0 Å². The van der Waals surface area contributed by atoms with E-state index in [0.29, 0.717) is 10.6 Å².